The molecular weight excluding hydrogens is 176 g/mol. The molecule has 0 aliphatic carbocycles. The van der Waals surface area contributed by atoms with Crippen LogP contribution in [0.3, 0.4) is 0 Å². The van der Waals surface area contributed by atoms with E-state index < -0.39 is 0 Å². The number of aromatic nitrogens is 1. The molecule has 72 valence electrons. The number of hydrogen-bond acceptors (Lipinski definition) is 2. The molecule has 3 nitrogen and oxygen atoms in total. The van der Waals surface area contributed by atoms with Gasteiger partial charge in [-0.1, -0.05) is 12.1 Å². The first-order chi connectivity index (χ1) is 6.74. The van der Waals surface area contributed by atoms with Gasteiger partial charge in [-0.05, 0) is 12.1 Å². The molecule has 0 radical (unpaired) electrons. The van der Waals surface area contributed by atoms with Crippen LogP contribution in [0.15, 0.2) is 30.5 Å². The summed E-state index contributed by atoms with van der Waals surface area (Å²) in [4.78, 5) is 11.3. The van der Waals surface area contributed by atoms with E-state index in [1.165, 1.54) is 0 Å². The van der Waals surface area contributed by atoms with E-state index in [1.54, 1.807) is 17.7 Å². The van der Waals surface area contributed by atoms with Crippen LogP contribution in [0.1, 0.15) is 11.7 Å². The predicted octanol–water partition coefficient (Wildman–Crippen LogP) is 2.34. The summed E-state index contributed by atoms with van der Waals surface area (Å²) in [6.07, 6.45) is 1.80. The monoisotopic (exact) mass is 188 g/mol. The number of rotatable bonds is 1. The Morgan fingerprint density at radius 2 is 2.14 bits per heavy atom. The van der Waals surface area contributed by atoms with Crippen LogP contribution in [0.25, 0.3) is 10.9 Å². The molecule has 1 aromatic carbocycles. The molecule has 1 heterocycles. The normalized spacial score (nSPS) is 10.4. The Bertz CT molecular complexity index is 485. The van der Waals surface area contributed by atoms with Crippen molar-refractivity contribution < 1.29 is 4.79 Å². The molecule has 0 fully saturated rings. The summed E-state index contributed by atoms with van der Waals surface area (Å²) >= 11 is 0. The zero-order chi connectivity index (χ0) is 10.1. The van der Waals surface area contributed by atoms with Crippen LogP contribution in [0, 0.1) is 0 Å². The molecule has 0 aliphatic heterocycles. The van der Waals surface area contributed by atoms with E-state index in [1.807, 2.05) is 31.3 Å². The standard InChI is InChI=1S/C11H12N2O/c1-8(14)13-7-6-9-4-3-5-10(12-2)11(9)13/h3-7,12H,1-2H3. The van der Waals surface area contributed by atoms with Crippen LogP contribution in [-0.4, -0.2) is 17.5 Å². The molecular formula is C11H12N2O. The molecule has 14 heavy (non-hydrogen) atoms. The largest absolute Gasteiger partial charge is 0.386 e. The summed E-state index contributed by atoms with van der Waals surface area (Å²) in [6, 6.07) is 7.87. The van der Waals surface area contributed by atoms with Crippen molar-refractivity contribution in [2.24, 2.45) is 0 Å². The highest BCUT2D eigenvalue weighted by atomic mass is 16.1. The fraction of sp³-hybridized carbons (Fsp3) is 0.182. The third-order valence-corrected chi connectivity index (χ3v) is 2.32. The van der Waals surface area contributed by atoms with Gasteiger partial charge in [-0.25, -0.2) is 0 Å². The lowest BCUT2D eigenvalue weighted by molar-refractivity contribution is 0.0942. The Labute approximate surface area is 82.3 Å². The highest BCUT2D eigenvalue weighted by Crippen LogP contribution is 2.23. The van der Waals surface area contributed by atoms with Crippen LogP contribution in [0.2, 0.25) is 0 Å². The van der Waals surface area contributed by atoms with Crippen molar-refractivity contribution >= 4 is 22.5 Å². The molecule has 0 amide bonds. The first-order valence-corrected chi connectivity index (χ1v) is 4.53. The van der Waals surface area contributed by atoms with Crippen molar-refractivity contribution in [1.29, 1.82) is 0 Å². The smallest absolute Gasteiger partial charge is 0.228 e. The average Bonchev–Trinajstić information content (AvgIpc) is 2.60. The highest BCUT2D eigenvalue weighted by Gasteiger charge is 2.07. The van der Waals surface area contributed by atoms with E-state index in [9.17, 15) is 4.79 Å². The molecule has 0 spiro atoms. The van der Waals surface area contributed by atoms with Gasteiger partial charge in [-0.3, -0.25) is 9.36 Å². The summed E-state index contributed by atoms with van der Waals surface area (Å²) in [6.45, 7) is 1.56. The number of carbonyl (C=O) groups is 1. The molecule has 2 rings (SSSR count). The fourth-order valence-electron chi connectivity index (χ4n) is 1.66. The maximum Gasteiger partial charge on any atom is 0.228 e. The van der Waals surface area contributed by atoms with E-state index in [0.29, 0.717) is 0 Å². The quantitative estimate of drug-likeness (QED) is 0.745. The van der Waals surface area contributed by atoms with Crippen molar-refractivity contribution in [3.8, 4) is 0 Å². The van der Waals surface area contributed by atoms with Crippen LogP contribution in [-0.2, 0) is 0 Å². The number of nitrogens with zero attached hydrogens (tertiary/aromatic N) is 1. The van der Waals surface area contributed by atoms with Crippen LogP contribution >= 0.6 is 0 Å². The summed E-state index contributed by atoms with van der Waals surface area (Å²) in [5.41, 5.74) is 1.92. The third kappa shape index (κ3) is 1.18. The zero-order valence-electron chi connectivity index (χ0n) is 8.24. The highest BCUT2D eigenvalue weighted by molar-refractivity contribution is 5.98. The predicted molar refractivity (Wildman–Crippen MR) is 57.8 cm³/mol. The second-order valence-corrected chi connectivity index (χ2v) is 3.20. The summed E-state index contributed by atoms with van der Waals surface area (Å²) < 4.78 is 1.65. The maximum absolute atomic E-state index is 11.3. The van der Waals surface area contributed by atoms with Gasteiger partial charge in [-0.15, -0.1) is 0 Å². The molecule has 0 saturated carbocycles. The van der Waals surface area contributed by atoms with Crippen molar-refractivity contribution in [2.45, 2.75) is 6.92 Å². The Morgan fingerprint density at radius 1 is 1.36 bits per heavy atom. The lowest BCUT2D eigenvalue weighted by atomic mass is 10.2. The van der Waals surface area contributed by atoms with Crippen molar-refractivity contribution in [2.75, 3.05) is 12.4 Å². The van der Waals surface area contributed by atoms with Gasteiger partial charge in [0, 0.05) is 25.6 Å². The molecule has 2 aromatic rings. The number of carbonyl (C=O) groups excluding carboxylic acids is 1. The summed E-state index contributed by atoms with van der Waals surface area (Å²) in [5.74, 6) is 0.0303. The number of nitrogens with one attached hydrogen (secondary N) is 1. The van der Waals surface area contributed by atoms with E-state index in [4.69, 9.17) is 0 Å². The number of para-hydroxylation sites is 1. The first-order valence-electron chi connectivity index (χ1n) is 4.53. The fourth-order valence-corrected chi connectivity index (χ4v) is 1.66. The van der Waals surface area contributed by atoms with Crippen molar-refractivity contribution in [3.05, 3.63) is 30.5 Å². The first kappa shape index (κ1) is 8.81. The lowest BCUT2D eigenvalue weighted by Gasteiger charge is -2.05. The minimum absolute atomic E-state index is 0.0303. The van der Waals surface area contributed by atoms with E-state index in [-0.39, 0.29) is 5.91 Å². The minimum Gasteiger partial charge on any atom is -0.386 e. The molecule has 0 saturated heterocycles. The van der Waals surface area contributed by atoms with Gasteiger partial charge < -0.3 is 5.32 Å². The Balaban J connectivity index is 2.81. The van der Waals surface area contributed by atoms with Gasteiger partial charge in [0.15, 0.2) is 0 Å². The molecule has 1 aromatic heterocycles. The SMILES string of the molecule is CNc1cccc2ccn(C(C)=O)c12. The van der Waals surface area contributed by atoms with E-state index in [2.05, 4.69) is 5.32 Å². The molecule has 0 unspecified atom stereocenters. The van der Waals surface area contributed by atoms with Gasteiger partial charge in [0.2, 0.25) is 5.91 Å². The number of benzene rings is 1. The van der Waals surface area contributed by atoms with Crippen LogP contribution in [0.5, 0.6) is 0 Å². The van der Waals surface area contributed by atoms with Gasteiger partial charge >= 0.3 is 0 Å². The molecule has 0 aliphatic rings. The Hall–Kier alpha value is -1.77. The van der Waals surface area contributed by atoms with E-state index in [0.717, 1.165) is 16.6 Å². The average molecular weight is 188 g/mol. The van der Waals surface area contributed by atoms with Crippen molar-refractivity contribution in [3.63, 3.8) is 0 Å². The minimum atomic E-state index is 0.0303. The lowest BCUT2D eigenvalue weighted by Crippen LogP contribution is -2.04. The Kier molecular flexibility index (Phi) is 2.00. The summed E-state index contributed by atoms with van der Waals surface area (Å²) in [5, 5.41) is 4.15. The second-order valence-electron chi connectivity index (χ2n) is 3.20. The van der Waals surface area contributed by atoms with Gasteiger partial charge in [-0.2, -0.15) is 0 Å². The van der Waals surface area contributed by atoms with Crippen LogP contribution in [0.4, 0.5) is 5.69 Å². The summed E-state index contributed by atoms with van der Waals surface area (Å²) in [7, 11) is 1.85. The maximum atomic E-state index is 11.3. The molecule has 0 atom stereocenters. The van der Waals surface area contributed by atoms with Gasteiger partial charge in [0.1, 0.15) is 0 Å². The van der Waals surface area contributed by atoms with Gasteiger partial charge in [0.25, 0.3) is 0 Å². The topological polar surface area (TPSA) is 34.0 Å². The van der Waals surface area contributed by atoms with Gasteiger partial charge in [0.05, 0.1) is 11.2 Å². The zero-order valence-corrected chi connectivity index (χ0v) is 8.24. The number of hydrogen-bond donors (Lipinski definition) is 1. The molecule has 0 bridgehead atoms. The van der Waals surface area contributed by atoms with Crippen molar-refractivity contribution in [1.82, 2.24) is 4.57 Å². The number of fused-ring (bicyclic) bond motifs is 1. The van der Waals surface area contributed by atoms with Crippen LogP contribution < -0.4 is 5.32 Å². The van der Waals surface area contributed by atoms with E-state index >= 15 is 0 Å². The second kappa shape index (κ2) is 3.18. The molecule has 1 N–H and O–H groups in total. The third-order valence-electron chi connectivity index (χ3n) is 2.32. The Morgan fingerprint density at radius 3 is 2.79 bits per heavy atom. The molecule has 3 heteroatoms. The number of anilines is 1.